The standard InChI is InChI=1S/C24H17F6N2O2/c1-34-12-13-5-6-17-20(9-13)32(19-4-2-3-18(21(17)19)22(31)33)11-14-7-15(23(25,26)27)10-16(8-14)24(28,29)30/h2-5,7-10H,11-12H2,1H3,(H2,31,33). The first-order valence-corrected chi connectivity index (χ1v) is 9.92. The highest BCUT2D eigenvalue weighted by atomic mass is 19.4. The number of hydrogen-bond acceptors (Lipinski definition) is 2. The molecule has 1 aromatic heterocycles. The van der Waals surface area contributed by atoms with Gasteiger partial charge in [0.2, 0.25) is 5.91 Å². The van der Waals surface area contributed by atoms with Crippen LogP contribution in [0, 0.1) is 6.07 Å². The Balaban J connectivity index is 2.00. The zero-order chi connectivity index (χ0) is 24.8. The number of fused-ring (bicyclic) bond motifs is 3. The van der Waals surface area contributed by atoms with E-state index in [1.54, 1.807) is 28.8 Å². The Morgan fingerprint density at radius 2 is 1.62 bits per heavy atom. The summed E-state index contributed by atoms with van der Waals surface area (Å²) in [7, 11) is 1.48. The Morgan fingerprint density at radius 3 is 2.18 bits per heavy atom. The molecule has 0 fully saturated rings. The van der Waals surface area contributed by atoms with Gasteiger partial charge in [-0.3, -0.25) is 4.79 Å². The number of carbonyl (C=O) groups is 1. The van der Waals surface area contributed by atoms with Crippen LogP contribution in [0.3, 0.4) is 0 Å². The average molecular weight is 479 g/mol. The summed E-state index contributed by atoms with van der Waals surface area (Å²) < 4.78 is 86.8. The molecule has 0 bridgehead atoms. The molecule has 0 saturated heterocycles. The summed E-state index contributed by atoms with van der Waals surface area (Å²) in [6.07, 6.45) is -9.93. The van der Waals surface area contributed by atoms with E-state index in [9.17, 15) is 31.1 Å². The van der Waals surface area contributed by atoms with Crippen molar-refractivity contribution in [3.8, 4) is 0 Å². The number of rotatable bonds is 5. The van der Waals surface area contributed by atoms with Gasteiger partial charge in [0.05, 0.1) is 28.8 Å². The zero-order valence-electron chi connectivity index (χ0n) is 17.6. The minimum atomic E-state index is -4.96. The minimum absolute atomic E-state index is 0.0883. The number of methoxy groups -OCH3 is 1. The molecule has 2 N–H and O–H groups in total. The quantitative estimate of drug-likeness (QED) is 0.361. The van der Waals surface area contributed by atoms with Crippen LogP contribution in [0.15, 0.2) is 48.5 Å². The molecule has 1 amide bonds. The first kappa shape index (κ1) is 23.6. The Morgan fingerprint density at radius 1 is 0.971 bits per heavy atom. The van der Waals surface area contributed by atoms with Crippen molar-refractivity contribution in [3.05, 3.63) is 82.4 Å². The van der Waals surface area contributed by atoms with E-state index in [1.807, 2.05) is 0 Å². The summed E-state index contributed by atoms with van der Waals surface area (Å²) in [4.78, 5) is 12.0. The van der Waals surface area contributed by atoms with Crippen LogP contribution in [0.4, 0.5) is 26.3 Å². The molecule has 0 aliphatic heterocycles. The largest absolute Gasteiger partial charge is 0.416 e. The number of primary amides is 1. The molecule has 3 aromatic carbocycles. The van der Waals surface area contributed by atoms with Crippen molar-refractivity contribution >= 4 is 27.7 Å². The lowest BCUT2D eigenvalue weighted by Crippen LogP contribution is -2.13. The maximum Gasteiger partial charge on any atom is 0.416 e. The van der Waals surface area contributed by atoms with E-state index in [1.165, 1.54) is 13.2 Å². The van der Waals surface area contributed by atoms with Crippen molar-refractivity contribution < 1.29 is 35.9 Å². The average Bonchev–Trinajstić information content (AvgIpc) is 3.05. The van der Waals surface area contributed by atoms with Gasteiger partial charge in [-0.15, -0.1) is 0 Å². The van der Waals surface area contributed by atoms with Crippen LogP contribution < -0.4 is 5.73 Å². The van der Waals surface area contributed by atoms with Crippen molar-refractivity contribution in [1.82, 2.24) is 4.57 Å². The molecule has 4 rings (SSSR count). The lowest BCUT2D eigenvalue weighted by molar-refractivity contribution is -0.143. The van der Waals surface area contributed by atoms with Gasteiger partial charge in [-0.25, -0.2) is 0 Å². The third kappa shape index (κ3) is 4.33. The van der Waals surface area contributed by atoms with Crippen molar-refractivity contribution in [2.45, 2.75) is 25.5 Å². The van der Waals surface area contributed by atoms with E-state index in [0.29, 0.717) is 39.5 Å². The summed E-state index contributed by atoms with van der Waals surface area (Å²) in [6.45, 7) is -0.113. The van der Waals surface area contributed by atoms with Gasteiger partial charge in [-0.05, 0) is 59.7 Å². The van der Waals surface area contributed by atoms with Crippen molar-refractivity contribution in [2.24, 2.45) is 5.73 Å². The van der Waals surface area contributed by atoms with Crippen molar-refractivity contribution in [3.63, 3.8) is 0 Å². The molecule has 177 valence electrons. The molecule has 1 heterocycles. The molecule has 0 atom stereocenters. The molecule has 0 saturated carbocycles. The number of amides is 1. The van der Waals surface area contributed by atoms with E-state index >= 15 is 0 Å². The molecule has 4 aromatic rings. The Bertz CT molecular complexity index is 1370. The predicted molar refractivity (Wildman–Crippen MR) is 113 cm³/mol. The lowest BCUT2D eigenvalue weighted by atomic mass is 10.0. The molecule has 0 unspecified atom stereocenters. The number of nitrogens with two attached hydrogens (primary N) is 1. The lowest BCUT2D eigenvalue weighted by Gasteiger charge is -2.15. The predicted octanol–water partition coefficient (Wildman–Crippen LogP) is 5.93. The van der Waals surface area contributed by atoms with Gasteiger partial charge in [-0.1, -0.05) is 6.07 Å². The maximum atomic E-state index is 13.4. The van der Waals surface area contributed by atoms with Gasteiger partial charge in [0.15, 0.2) is 0 Å². The first-order valence-electron chi connectivity index (χ1n) is 9.92. The second-order valence-electron chi connectivity index (χ2n) is 7.77. The number of halogens is 6. The molecule has 4 nitrogen and oxygen atoms in total. The van der Waals surface area contributed by atoms with Crippen LogP contribution in [-0.2, 0) is 30.2 Å². The maximum absolute atomic E-state index is 13.4. The normalized spacial score (nSPS) is 12.6. The molecular formula is C24H17F6N2O2. The van der Waals surface area contributed by atoms with Crippen LogP contribution >= 0.6 is 0 Å². The molecular weight excluding hydrogens is 462 g/mol. The van der Waals surface area contributed by atoms with Crippen LogP contribution in [0.2, 0.25) is 0 Å². The van der Waals surface area contributed by atoms with Crippen molar-refractivity contribution in [2.75, 3.05) is 7.11 Å². The highest BCUT2D eigenvalue weighted by Gasteiger charge is 2.37. The Kier molecular flexibility index (Phi) is 5.80. The third-order valence-electron chi connectivity index (χ3n) is 5.42. The zero-order valence-corrected chi connectivity index (χ0v) is 17.6. The second-order valence-corrected chi connectivity index (χ2v) is 7.77. The first-order chi connectivity index (χ1) is 15.9. The molecule has 0 spiro atoms. The molecule has 0 aliphatic rings. The van der Waals surface area contributed by atoms with E-state index < -0.39 is 29.4 Å². The fourth-order valence-corrected chi connectivity index (χ4v) is 4.02. The van der Waals surface area contributed by atoms with Crippen molar-refractivity contribution in [1.29, 1.82) is 0 Å². The van der Waals surface area contributed by atoms with Crippen LogP contribution in [0.1, 0.15) is 32.6 Å². The van der Waals surface area contributed by atoms with Crippen LogP contribution in [0.25, 0.3) is 21.8 Å². The number of carbonyl (C=O) groups excluding carboxylic acids is 1. The number of alkyl halides is 6. The Labute approximate surface area is 189 Å². The summed E-state index contributed by atoms with van der Waals surface area (Å²) >= 11 is 0. The number of aromatic nitrogens is 1. The van der Waals surface area contributed by atoms with Gasteiger partial charge >= 0.3 is 12.4 Å². The third-order valence-corrected chi connectivity index (χ3v) is 5.42. The van der Waals surface area contributed by atoms with Gasteiger partial charge in [0.1, 0.15) is 0 Å². The van der Waals surface area contributed by atoms with Gasteiger partial charge < -0.3 is 15.0 Å². The fourth-order valence-electron chi connectivity index (χ4n) is 4.02. The van der Waals surface area contributed by atoms with Crippen LogP contribution in [0.5, 0.6) is 0 Å². The van der Waals surface area contributed by atoms with E-state index in [2.05, 4.69) is 6.07 Å². The highest BCUT2D eigenvalue weighted by Crippen LogP contribution is 2.38. The SMILES string of the molecule is COCc1c[c]c2c3c(C(N)=O)cccc3n(Cc3cc(C(F)(F)F)cc(C(F)(F)F)c3)c2c1. The topological polar surface area (TPSA) is 57.2 Å². The monoisotopic (exact) mass is 479 g/mol. The van der Waals surface area contributed by atoms with E-state index in [0.717, 1.165) is 0 Å². The summed E-state index contributed by atoms with van der Waals surface area (Å²) in [5, 5.41) is 0.879. The number of benzene rings is 3. The van der Waals surface area contributed by atoms with Gasteiger partial charge in [-0.2, -0.15) is 26.3 Å². The summed E-state index contributed by atoms with van der Waals surface area (Å²) in [5.74, 6) is -0.725. The second kappa shape index (κ2) is 8.35. The Hall–Kier alpha value is -3.53. The van der Waals surface area contributed by atoms with Gasteiger partial charge in [0.25, 0.3) is 0 Å². The summed E-state index contributed by atoms with van der Waals surface area (Å²) in [6, 6.07) is 12.5. The van der Waals surface area contributed by atoms with Crippen LogP contribution in [-0.4, -0.2) is 17.6 Å². The minimum Gasteiger partial charge on any atom is -0.380 e. The highest BCUT2D eigenvalue weighted by molar-refractivity contribution is 6.17. The van der Waals surface area contributed by atoms with E-state index in [4.69, 9.17) is 10.5 Å². The smallest absolute Gasteiger partial charge is 0.380 e. The number of nitrogens with zero attached hydrogens (tertiary/aromatic N) is 1. The van der Waals surface area contributed by atoms with Gasteiger partial charge in [0, 0.05) is 30.0 Å². The molecule has 0 aliphatic carbocycles. The number of hydrogen-bond donors (Lipinski definition) is 1. The summed E-state index contributed by atoms with van der Waals surface area (Å²) in [5.41, 5.74) is 4.23. The van der Waals surface area contributed by atoms with E-state index in [-0.39, 0.29) is 30.3 Å². The fraction of sp³-hybridized carbons (Fsp3) is 0.208. The molecule has 10 heteroatoms. The molecule has 34 heavy (non-hydrogen) atoms. The number of ether oxygens (including phenoxy) is 1. The molecule has 1 radical (unpaired) electrons.